The lowest BCUT2D eigenvalue weighted by Gasteiger charge is -2.18. The summed E-state index contributed by atoms with van der Waals surface area (Å²) in [5.41, 5.74) is 8.99. The van der Waals surface area contributed by atoms with Crippen LogP contribution < -0.4 is 10.9 Å². The van der Waals surface area contributed by atoms with Crippen molar-refractivity contribution < 1.29 is 0 Å². The summed E-state index contributed by atoms with van der Waals surface area (Å²) in [6, 6.07) is 11.9. The molecule has 4 heteroatoms. The van der Waals surface area contributed by atoms with Crippen LogP contribution in [0.1, 0.15) is 5.56 Å². The Balaban J connectivity index is 2.04. The van der Waals surface area contributed by atoms with Gasteiger partial charge in [-0.2, -0.15) is 0 Å². The van der Waals surface area contributed by atoms with Gasteiger partial charge in [-0.1, -0.05) is 30.3 Å². The van der Waals surface area contributed by atoms with Crippen molar-refractivity contribution in [1.29, 1.82) is 0 Å². The van der Waals surface area contributed by atoms with E-state index in [0.29, 0.717) is 0 Å². The van der Waals surface area contributed by atoms with Crippen molar-refractivity contribution in [2.75, 3.05) is 5.43 Å². The molecule has 0 amide bonds. The SMILES string of the molecule is c1ccc(C2=Nc3cnccc3NN2)cc1. The molecule has 0 fully saturated rings. The molecule has 2 aromatic rings. The van der Waals surface area contributed by atoms with Gasteiger partial charge in [-0.05, 0) is 6.07 Å². The molecule has 78 valence electrons. The Kier molecular flexibility index (Phi) is 2.04. The van der Waals surface area contributed by atoms with Crippen LogP contribution in [0.5, 0.6) is 0 Å². The number of fused-ring (bicyclic) bond motifs is 1. The smallest absolute Gasteiger partial charge is 0.152 e. The Morgan fingerprint density at radius 2 is 1.81 bits per heavy atom. The molecule has 0 bridgehead atoms. The summed E-state index contributed by atoms with van der Waals surface area (Å²) in [4.78, 5) is 8.55. The molecule has 0 aliphatic carbocycles. The maximum Gasteiger partial charge on any atom is 0.152 e. The summed E-state index contributed by atoms with van der Waals surface area (Å²) in [6.07, 6.45) is 3.47. The third-order valence-electron chi connectivity index (χ3n) is 2.40. The van der Waals surface area contributed by atoms with Crippen LogP contribution in [0.25, 0.3) is 0 Å². The van der Waals surface area contributed by atoms with Gasteiger partial charge in [0.2, 0.25) is 0 Å². The number of nitrogens with one attached hydrogen (secondary N) is 2. The molecule has 3 rings (SSSR count). The zero-order valence-corrected chi connectivity index (χ0v) is 8.51. The molecule has 0 radical (unpaired) electrons. The Labute approximate surface area is 93.0 Å². The van der Waals surface area contributed by atoms with Crippen LogP contribution in [0, 0.1) is 0 Å². The molecule has 4 nitrogen and oxygen atoms in total. The average Bonchev–Trinajstić information content (AvgIpc) is 2.39. The fourth-order valence-electron chi connectivity index (χ4n) is 1.59. The van der Waals surface area contributed by atoms with Gasteiger partial charge in [0.15, 0.2) is 5.84 Å². The summed E-state index contributed by atoms with van der Waals surface area (Å²) < 4.78 is 0. The van der Waals surface area contributed by atoms with Crippen molar-refractivity contribution in [3.8, 4) is 0 Å². The highest BCUT2D eigenvalue weighted by atomic mass is 15.4. The van der Waals surface area contributed by atoms with E-state index < -0.39 is 0 Å². The highest BCUT2D eigenvalue weighted by molar-refractivity contribution is 6.03. The average molecular weight is 210 g/mol. The lowest BCUT2D eigenvalue weighted by atomic mass is 10.2. The number of nitrogens with zero attached hydrogens (tertiary/aromatic N) is 2. The minimum absolute atomic E-state index is 0.807. The summed E-state index contributed by atoms with van der Waals surface area (Å²) in [7, 11) is 0. The molecule has 0 unspecified atom stereocenters. The second-order valence-corrected chi connectivity index (χ2v) is 3.47. The first kappa shape index (κ1) is 8.91. The molecule has 0 atom stereocenters. The molecule has 16 heavy (non-hydrogen) atoms. The number of anilines is 1. The first-order valence-electron chi connectivity index (χ1n) is 5.03. The third-order valence-corrected chi connectivity index (χ3v) is 2.40. The van der Waals surface area contributed by atoms with Gasteiger partial charge in [-0.25, -0.2) is 4.99 Å². The van der Waals surface area contributed by atoms with Crippen molar-refractivity contribution in [2.45, 2.75) is 0 Å². The number of amidine groups is 1. The number of benzene rings is 1. The van der Waals surface area contributed by atoms with Gasteiger partial charge in [0.05, 0.1) is 11.9 Å². The predicted molar refractivity (Wildman–Crippen MR) is 63.6 cm³/mol. The number of aliphatic imine (C=N–C) groups is 1. The van der Waals surface area contributed by atoms with Gasteiger partial charge in [0, 0.05) is 11.8 Å². The van der Waals surface area contributed by atoms with Gasteiger partial charge in [0.1, 0.15) is 5.69 Å². The molecule has 1 aliphatic rings. The minimum atomic E-state index is 0.807. The van der Waals surface area contributed by atoms with Gasteiger partial charge in [-0.3, -0.25) is 15.8 Å². The van der Waals surface area contributed by atoms with E-state index >= 15 is 0 Å². The Morgan fingerprint density at radius 1 is 0.938 bits per heavy atom. The van der Waals surface area contributed by atoms with Crippen molar-refractivity contribution in [1.82, 2.24) is 10.4 Å². The number of pyridine rings is 1. The van der Waals surface area contributed by atoms with E-state index in [9.17, 15) is 0 Å². The maximum absolute atomic E-state index is 4.50. The largest absolute Gasteiger partial charge is 0.297 e. The lowest BCUT2D eigenvalue weighted by Crippen LogP contribution is -2.32. The number of hydrazine groups is 1. The molecule has 2 N–H and O–H groups in total. The number of aromatic nitrogens is 1. The van der Waals surface area contributed by atoms with Gasteiger partial charge in [0.25, 0.3) is 0 Å². The molecule has 1 aromatic carbocycles. The van der Waals surface area contributed by atoms with E-state index in [-0.39, 0.29) is 0 Å². The Hall–Kier alpha value is -2.36. The number of rotatable bonds is 1. The molecule has 1 aromatic heterocycles. The molecule has 0 spiro atoms. The van der Waals surface area contributed by atoms with E-state index in [4.69, 9.17) is 0 Å². The first-order valence-corrected chi connectivity index (χ1v) is 5.03. The summed E-state index contributed by atoms with van der Waals surface area (Å²) in [5.74, 6) is 0.807. The molecular weight excluding hydrogens is 200 g/mol. The van der Waals surface area contributed by atoms with Crippen LogP contribution in [0.15, 0.2) is 53.8 Å². The second kappa shape index (κ2) is 3.66. The normalized spacial score (nSPS) is 13.1. The summed E-state index contributed by atoms with van der Waals surface area (Å²) in [6.45, 7) is 0. The lowest BCUT2D eigenvalue weighted by molar-refractivity contribution is 1.07. The predicted octanol–water partition coefficient (Wildman–Crippen LogP) is 2.09. The minimum Gasteiger partial charge on any atom is -0.297 e. The maximum atomic E-state index is 4.50. The topological polar surface area (TPSA) is 49.3 Å². The molecular formula is C12H10N4. The van der Waals surface area contributed by atoms with Crippen LogP contribution in [-0.2, 0) is 0 Å². The van der Waals surface area contributed by atoms with Crippen LogP contribution >= 0.6 is 0 Å². The molecule has 1 aliphatic heterocycles. The monoisotopic (exact) mass is 210 g/mol. The second-order valence-electron chi connectivity index (χ2n) is 3.47. The van der Waals surface area contributed by atoms with E-state index in [1.807, 2.05) is 36.4 Å². The van der Waals surface area contributed by atoms with E-state index in [1.54, 1.807) is 12.4 Å². The van der Waals surface area contributed by atoms with Crippen LogP contribution in [0.3, 0.4) is 0 Å². The van der Waals surface area contributed by atoms with Crippen molar-refractivity contribution >= 4 is 17.2 Å². The Morgan fingerprint density at radius 3 is 2.69 bits per heavy atom. The van der Waals surface area contributed by atoms with Gasteiger partial charge in [-0.15, -0.1) is 0 Å². The zero-order valence-electron chi connectivity index (χ0n) is 8.51. The first-order chi connectivity index (χ1) is 7.93. The fraction of sp³-hybridized carbons (Fsp3) is 0. The summed E-state index contributed by atoms with van der Waals surface area (Å²) >= 11 is 0. The van der Waals surface area contributed by atoms with Crippen molar-refractivity contribution in [3.05, 3.63) is 54.4 Å². The zero-order chi connectivity index (χ0) is 10.8. The highest BCUT2D eigenvalue weighted by Crippen LogP contribution is 2.25. The standard InChI is InChI=1S/C12H10N4/c1-2-4-9(5-3-1)12-14-11-8-13-7-6-10(11)15-16-12/h1-8,15H,(H,14,16). The fourth-order valence-corrected chi connectivity index (χ4v) is 1.59. The number of hydrogen-bond acceptors (Lipinski definition) is 4. The van der Waals surface area contributed by atoms with Crippen LogP contribution in [-0.4, -0.2) is 10.8 Å². The molecule has 0 saturated carbocycles. The summed E-state index contributed by atoms with van der Waals surface area (Å²) in [5, 5.41) is 0. The van der Waals surface area contributed by atoms with Gasteiger partial charge < -0.3 is 0 Å². The van der Waals surface area contributed by atoms with Crippen molar-refractivity contribution in [3.63, 3.8) is 0 Å². The highest BCUT2D eigenvalue weighted by Gasteiger charge is 2.11. The number of hydrogen-bond donors (Lipinski definition) is 2. The van der Waals surface area contributed by atoms with Crippen molar-refractivity contribution in [2.24, 2.45) is 4.99 Å². The van der Waals surface area contributed by atoms with Crippen LogP contribution in [0.2, 0.25) is 0 Å². The quantitative estimate of drug-likeness (QED) is 0.757. The van der Waals surface area contributed by atoms with E-state index in [2.05, 4.69) is 20.8 Å². The molecule has 0 saturated heterocycles. The van der Waals surface area contributed by atoms with Crippen LogP contribution in [0.4, 0.5) is 11.4 Å². The molecule has 2 heterocycles. The van der Waals surface area contributed by atoms with E-state index in [0.717, 1.165) is 22.8 Å². The van der Waals surface area contributed by atoms with E-state index in [1.165, 1.54) is 0 Å². The van der Waals surface area contributed by atoms with Gasteiger partial charge >= 0.3 is 0 Å². The third kappa shape index (κ3) is 1.50. The Bertz CT molecular complexity index is 534.